The zero-order valence-electron chi connectivity index (χ0n) is 11.3. The van der Waals surface area contributed by atoms with E-state index in [4.69, 9.17) is 10.5 Å². The molecule has 3 N–H and O–H groups in total. The SMILES string of the molecule is CCN(CC(C)(C)O)c1cc(OC)c(F)cc1N. The number of anilines is 2. The standard InChI is InChI=1S/C13H21FN2O2/c1-5-16(8-13(2,3)17)11-7-12(18-4)9(14)6-10(11)15/h6-7,17H,5,8,15H2,1-4H3. The number of nitrogens with two attached hydrogens (primary N) is 1. The average molecular weight is 256 g/mol. The smallest absolute Gasteiger partial charge is 0.167 e. The van der Waals surface area contributed by atoms with E-state index in [0.29, 0.717) is 24.5 Å². The van der Waals surface area contributed by atoms with Crippen LogP contribution in [0, 0.1) is 5.82 Å². The minimum atomic E-state index is -0.857. The third-order valence-corrected chi connectivity index (χ3v) is 2.60. The van der Waals surface area contributed by atoms with Crippen molar-refractivity contribution >= 4 is 11.4 Å². The van der Waals surface area contributed by atoms with Crippen molar-refractivity contribution in [1.82, 2.24) is 0 Å². The second kappa shape index (κ2) is 5.44. The van der Waals surface area contributed by atoms with Crippen LogP contribution in [0.5, 0.6) is 5.75 Å². The number of nitrogens with zero attached hydrogens (tertiary/aromatic N) is 1. The van der Waals surface area contributed by atoms with Gasteiger partial charge in [-0.3, -0.25) is 0 Å². The summed E-state index contributed by atoms with van der Waals surface area (Å²) in [6.07, 6.45) is 0. The van der Waals surface area contributed by atoms with Gasteiger partial charge in [-0.15, -0.1) is 0 Å². The summed E-state index contributed by atoms with van der Waals surface area (Å²) in [6.45, 7) is 6.44. The van der Waals surface area contributed by atoms with Gasteiger partial charge < -0.3 is 20.5 Å². The summed E-state index contributed by atoms with van der Waals surface area (Å²) in [5.41, 5.74) is 5.96. The number of rotatable bonds is 5. The van der Waals surface area contributed by atoms with Gasteiger partial charge in [0.2, 0.25) is 0 Å². The molecular formula is C13H21FN2O2. The van der Waals surface area contributed by atoms with Crippen molar-refractivity contribution in [3.05, 3.63) is 17.9 Å². The lowest BCUT2D eigenvalue weighted by atomic mass is 10.1. The maximum atomic E-state index is 13.5. The minimum absolute atomic E-state index is 0.147. The average Bonchev–Trinajstić information content (AvgIpc) is 2.25. The second-order valence-corrected chi connectivity index (χ2v) is 4.87. The van der Waals surface area contributed by atoms with E-state index >= 15 is 0 Å². The molecule has 5 heteroatoms. The molecule has 0 bridgehead atoms. The molecular weight excluding hydrogens is 235 g/mol. The Morgan fingerprint density at radius 1 is 1.44 bits per heavy atom. The third-order valence-electron chi connectivity index (χ3n) is 2.60. The molecule has 0 atom stereocenters. The first-order chi connectivity index (χ1) is 8.28. The molecule has 0 saturated heterocycles. The highest BCUT2D eigenvalue weighted by Crippen LogP contribution is 2.31. The highest BCUT2D eigenvalue weighted by molar-refractivity contribution is 5.70. The van der Waals surface area contributed by atoms with Gasteiger partial charge in [-0.2, -0.15) is 0 Å². The van der Waals surface area contributed by atoms with Gasteiger partial charge in [0.25, 0.3) is 0 Å². The Hall–Kier alpha value is -1.49. The Morgan fingerprint density at radius 3 is 2.50 bits per heavy atom. The van der Waals surface area contributed by atoms with Crippen LogP contribution in [0.1, 0.15) is 20.8 Å². The van der Waals surface area contributed by atoms with Gasteiger partial charge in [0.05, 0.1) is 24.1 Å². The molecule has 0 amide bonds. The van der Waals surface area contributed by atoms with E-state index in [1.807, 2.05) is 11.8 Å². The molecule has 0 aromatic heterocycles. The van der Waals surface area contributed by atoms with Crippen molar-refractivity contribution in [3.8, 4) is 5.75 Å². The summed E-state index contributed by atoms with van der Waals surface area (Å²) in [5.74, 6) is -0.341. The van der Waals surface area contributed by atoms with Gasteiger partial charge in [0.1, 0.15) is 0 Å². The van der Waals surface area contributed by atoms with Gasteiger partial charge >= 0.3 is 0 Å². The van der Waals surface area contributed by atoms with Gasteiger partial charge in [-0.1, -0.05) is 0 Å². The molecule has 0 aliphatic rings. The molecule has 18 heavy (non-hydrogen) atoms. The molecule has 0 aliphatic carbocycles. The highest BCUT2D eigenvalue weighted by atomic mass is 19.1. The molecule has 4 nitrogen and oxygen atoms in total. The summed E-state index contributed by atoms with van der Waals surface area (Å²) >= 11 is 0. The number of hydrogen-bond acceptors (Lipinski definition) is 4. The summed E-state index contributed by atoms with van der Waals surface area (Å²) in [7, 11) is 1.41. The Bertz CT molecular complexity index is 416. The van der Waals surface area contributed by atoms with Crippen molar-refractivity contribution in [2.45, 2.75) is 26.4 Å². The third kappa shape index (κ3) is 3.50. The molecule has 0 heterocycles. The van der Waals surface area contributed by atoms with Crippen LogP contribution in [0.2, 0.25) is 0 Å². The summed E-state index contributed by atoms with van der Waals surface area (Å²) in [5, 5.41) is 9.86. The lowest BCUT2D eigenvalue weighted by Gasteiger charge is -2.31. The van der Waals surface area contributed by atoms with Crippen LogP contribution in [0.25, 0.3) is 0 Å². The number of aliphatic hydroxyl groups is 1. The lowest BCUT2D eigenvalue weighted by Crippen LogP contribution is -2.39. The van der Waals surface area contributed by atoms with Crippen LogP contribution in [0.15, 0.2) is 12.1 Å². The van der Waals surface area contributed by atoms with Gasteiger partial charge in [0.15, 0.2) is 11.6 Å². The van der Waals surface area contributed by atoms with Crippen molar-refractivity contribution < 1.29 is 14.2 Å². The predicted molar refractivity (Wildman–Crippen MR) is 71.5 cm³/mol. The van der Waals surface area contributed by atoms with Crippen LogP contribution in [-0.2, 0) is 0 Å². The molecule has 1 aromatic rings. The summed E-state index contributed by atoms with van der Waals surface area (Å²) in [4.78, 5) is 1.89. The number of ether oxygens (including phenoxy) is 1. The van der Waals surface area contributed by atoms with Crippen molar-refractivity contribution in [2.75, 3.05) is 30.8 Å². The number of benzene rings is 1. The molecule has 0 aliphatic heterocycles. The molecule has 0 unspecified atom stereocenters. The molecule has 1 aromatic carbocycles. The second-order valence-electron chi connectivity index (χ2n) is 4.87. The maximum absolute atomic E-state index is 13.5. The number of likely N-dealkylation sites (N-methyl/N-ethyl adjacent to an activating group) is 1. The number of halogens is 1. The van der Waals surface area contributed by atoms with Crippen LogP contribution >= 0.6 is 0 Å². The molecule has 102 valence electrons. The zero-order chi connectivity index (χ0) is 13.9. The van der Waals surface area contributed by atoms with E-state index in [1.54, 1.807) is 19.9 Å². The minimum Gasteiger partial charge on any atom is -0.494 e. The van der Waals surface area contributed by atoms with Crippen molar-refractivity contribution in [1.29, 1.82) is 0 Å². The Balaban J connectivity index is 3.13. The fraction of sp³-hybridized carbons (Fsp3) is 0.538. The summed E-state index contributed by atoms with van der Waals surface area (Å²) < 4.78 is 18.4. The van der Waals surface area contributed by atoms with Gasteiger partial charge in [-0.25, -0.2) is 4.39 Å². The van der Waals surface area contributed by atoms with E-state index in [1.165, 1.54) is 13.2 Å². The van der Waals surface area contributed by atoms with Crippen LogP contribution in [-0.4, -0.2) is 30.9 Å². The fourth-order valence-corrected chi connectivity index (χ4v) is 1.82. The van der Waals surface area contributed by atoms with E-state index in [-0.39, 0.29) is 5.75 Å². The maximum Gasteiger partial charge on any atom is 0.167 e. The number of hydrogen-bond donors (Lipinski definition) is 2. The molecule has 1 rings (SSSR count). The Kier molecular flexibility index (Phi) is 4.40. The number of methoxy groups -OCH3 is 1. The van der Waals surface area contributed by atoms with E-state index in [2.05, 4.69) is 0 Å². The molecule has 0 radical (unpaired) electrons. The Labute approximate surface area is 107 Å². The number of nitrogen functional groups attached to an aromatic ring is 1. The van der Waals surface area contributed by atoms with E-state index < -0.39 is 11.4 Å². The van der Waals surface area contributed by atoms with E-state index in [9.17, 15) is 9.50 Å². The highest BCUT2D eigenvalue weighted by Gasteiger charge is 2.20. The van der Waals surface area contributed by atoms with Crippen molar-refractivity contribution in [2.24, 2.45) is 0 Å². The Morgan fingerprint density at radius 2 is 2.06 bits per heavy atom. The molecule has 0 spiro atoms. The van der Waals surface area contributed by atoms with E-state index in [0.717, 1.165) is 0 Å². The first kappa shape index (κ1) is 14.6. The molecule has 0 fully saturated rings. The van der Waals surface area contributed by atoms with Gasteiger partial charge in [-0.05, 0) is 20.8 Å². The normalized spacial score (nSPS) is 11.4. The first-order valence-electron chi connectivity index (χ1n) is 5.89. The quantitative estimate of drug-likeness (QED) is 0.791. The summed E-state index contributed by atoms with van der Waals surface area (Å²) in [6, 6.07) is 2.79. The van der Waals surface area contributed by atoms with Crippen LogP contribution in [0.3, 0.4) is 0 Å². The zero-order valence-corrected chi connectivity index (χ0v) is 11.3. The molecule has 0 saturated carbocycles. The van der Waals surface area contributed by atoms with Crippen molar-refractivity contribution in [3.63, 3.8) is 0 Å². The van der Waals surface area contributed by atoms with Gasteiger partial charge in [0, 0.05) is 25.2 Å². The predicted octanol–water partition coefficient (Wildman–Crippen LogP) is 2.01. The topological polar surface area (TPSA) is 58.7 Å². The fourth-order valence-electron chi connectivity index (χ4n) is 1.82. The first-order valence-corrected chi connectivity index (χ1v) is 5.89. The van der Waals surface area contributed by atoms with Crippen LogP contribution in [0.4, 0.5) is 15.8 Å². The lowest BCUT2D eigenvalue weighted by molar-refractivity contribution is 0.0876. The van der Waals surface area contributed by atoms with Crippen LogP contribution < -0.4 is 15.4 Å². The monoisotopic (exact) mass is 256 g/mol. The largest absolute Gasteiger partial charge is 0.494 e.